The molecule has 5 heteroatoms. The molecule has 0 aliphatic rings. The Kier molecular flexibility index (Phi) is 4.71. The molecule has 0 aromatic carbocycles. The maximum atomic E-state index is 12.0. The van der Waals surface area contributed by atoms with Crippen molar-refractivity contribution in [3.63, 3.8) is 0 Å². The maximum absolute atomic E-state index is 12.0. The van der Waals surface area contributed by atoms with Gasteiger partial charge in [0.05, 0.1) is 16.4 Å². The molecule has 0 atom stereocenters. The van der Waals surface area contributed by atoms with Crippen LogP contribution >= 0.6 is 23.6 Å². The van der Waals surface area contributed by atoms with Crippen LogP contribution in [0.1, 0.15) is 23.0 Å². The summed E-state index contributed by atoms with van der Waals surface area (Å²) in [6.45, 7) is 3.07. The average molecular weight is 242 g/mol. The van der Waals surface area contributed by atoms with Crippen LogP contribution in [0.25, 0.3) is 0 Å². The highest BCUT2D eigenvalue weighted by Gasteiger charge is 2.16. The number of carbonyl (C=O) groups excluding carboxylic acids is 1. The number of hydrogen-bond donors (Lipinski definition) is 1. The molecule has 0 aliphatic carbocycles. The van der Waals surface area contributed by atoms with Crippen LogP contribution in [0.4, 0.5) is 0 Å². The van der Waals surface area contributed by atoms with Gasteiger partial charge in [0.1, 0.15) is 0 Å². The minimum Gasteiger partial charge on any atom is -0.392 e. The number of hydrogen-bond acceptors (Lipinski definition) is 3. The van der Waals surface area contributed by atoms with E-state index in [-0.39, 0.29) is 5.91 Å². The van der Waals surface area contributed by atoms with Gasteiger partial charge in [-0.3, -0.25) is 4.79 Å². The van der Waals surface area contributed by atoms with Crippen LogP contribution < -0.4 is 5.73 Å². The third-order valence-electron chi connectivity index (χ3n) is 1.86. The van der Waals surface area contributed by atoms with E-state index in [2.05, 4.69) is 0 Å². The Morgan fingerprint density at radius 3 is 2.87 bits per heavy atom. The predicted octanol–water partition coefficient (Wildman–Crippen LogP) is 1.89. The molecule has 0 radical (unpaired) electrons. The molecule has 1 amide bonds. The zero-order chi connectivity index (χ0) is 11.3. The molecule has 0 saturated carbocycles. The van der Waals surface area contributed by atoms with Gasteiger partial charge < -0.3 is 10.6 Å². The van der Waals surface area contributed by atoms with Crippen LogP contribution in [0.15, 0.2) is 17.5 Å². The second-order valence-corrected chi connectivity index (χ2v) is 4.64. The van der Waals surface area contributed by atoms with Gasteiger partial charge in [0, 0.05) is 6.54 Å². The lowest BCUT2D eigenvalue weighted by atomic mass is 10.3. The first-order valence-electron chi connectivity index (χ1n) is 4.76. The molecule has 15 heavy (non-hydrogen) atoms. The molecule has 1 rings (SSSR count). The van der Waals surface area contributed by atoms with E-state index in [4.69, 9.17) is 18.0 Å². The minimum absolute atomic E-state index is 0.0136. The second kappa shape index (κ2) is 5.82. The Bertz CT molecular complexity index is 335. The summed E-state index contributed by atoms with van der Waals surface area (Å²) in [6, 6.07) is 3.68. The van der Waals surface area contributed by atoms with Gasteiger partial charge in [-0.05, 0) is 17.9 Å². The molecule has 0 bridgehead atoms. The van der Waals surface area contributed by atoms with Crippen molar-refractivity contribution in [2.24, 2.45) is 5.73 Å². The van der Waals surface area contributed by atoms with E-state index in [1.54, 1.807) is 4.90 Å². The summed E-state index contributed by atoms with van der Waals surface area (Å²) in [5.41, 5.74) is 5.46. The van der Waals surface area contributed by atoms with Crippen molar-refractivity contribution in [3.05, 3.63) is 22.4 Å². The van der Waals surface area contributed by atoms with Crippen molar-refractivity contribution in [1.82, 2.24) is 4.90 Å². The van der Waals surface area contributed by atoms with E-state index in [0.29, 0.717) is 18.1 Å². The summed E-state index contributed by atoms with van der Waals surface area (Å²) in [4.78, 5) is 14.7. The number of nitrogens with two attached hydrogens (primary N) is 1. The highest BCUT2D eigenvalue weighted by atomic mass is 32.1. The minimum atomic E-state index is 0.0136. The van der Waals surface area contributed by atoms with Crippen molar-refractivity contribution in [3.8, 4) is 0 Å². The summed E-state index contributed by atoms with van der Waals surface area (Å²) in [5, 5.41) is 1.89. The lowest BCUT2D eigenvalue weighted by Gasteiger charge is -2.20. The number of rotatable bonds is 5. The highest BCUT2D eigenvalue weighted by molar-refractivity contribution is 7.80. The Morgan fingerprint density at radius 2 is 2.40 bits per heavy atom. The summed E-state index contributed by atoms with van der Waals surface area (Å²) < 4.78 is 0. The standard InChI is InChI=1S/C10H14N2OS2/c1-2-5-12(7-9(11)14)10(13)8-4-3-6-15-8/h3-4,6H,2,5,7H2,1H3,(H2,11,14). The summed E-state index contributed by atoms with van der Waals surface area (Å²) >= 11 is 6.26. The lowest BCUT2D eigenvalue weighted by molar-refractivity contribution is 0.0785. The fourth-order valence-corrected chi connectivity index (χ4v) is 2.11. The van der Waals surface area contributed by atoms with Crippen LogP contribution in [-0.4, -0.2) is 28.9 Å². The number of thiocarbonyl (C=S) groups is 1. The second-order valence-electron chi connectivity index (χ2n) is 3.17. The topological polar surface area (TPSA) is 46.3 Å². The van der Waals surface area contributed by atoms with E-state index in [1.807, 2.05) is 24.4 Å². The van der Waals surface area contributed by atoms with Crippen molar-refractivity contribution in [2.75, 3.05) is 13.1 Å². The van der Waals surface area contributed by atoms with Crippen LogP contribution in [-0.2, 0) is 0 Å². The van der Waals surface area contributed by atoms with Crippen molar-refractivity contribution >= 4 is 34.5 Å². The molecule has 0 unspecified atom stereocenters. The molecule has 0 spiro atoms. The Hall–Kier alpha value is -0.940. The molecule has 0 saturated heterocycles. The Labute approximate surface area is 98.9 Å². The molecule has 0 fully saturated rings. The largest absolute Gasteiger partial charge is 0.392 e. The maximum Gasteiger partial charge on any atom is 0.264 e. The quantitative estimate of drug-likeness (QED) is 0.802. The molecular weight excluding hydrogens is 228 g/mol. The first-order valence-corrected chi connectivity index (χ1v) is 6.05. The third-order valence-corrected chi connectivity index (χ3v) is 2.85. The zero-order valence-corrected chi connectivity index (χ0v) is 10.2. The molecule has 82 valence electrons. The zero-order valence-electron chi connectivity index (χ0n) is 8.60. The van der Waals surface area contributed by atoms with Gasteiger partial charge in [-0.2, -0.15) is 0 Å². The highest BCUT2D eigenvalue weighted by Crippen LogP contribution is 2.12. The van der Waals surface area contributed by atoms with Gasteiger partial charge in [-0.25, -0.2) is 0 Å². The number of carbonyl (C=O) groups is 1. The van der Waals surface area contributed by atoms with Crippen LogP contribution in [0, 0.1) is 0 Å². The van der Waals surface area contributed by atoms with Gasteiger partial charge >= 0.3 is 0 Å². The van der Waals surface area contributed by atoms with Crippen molar-refractivity contribution in [1.29, 1.82) is 0 Å². The first-order chi connectivity index (χ1) is 7.15. The fourth-order valence-electron chi connectivity index (χ4n) is 1.27. The molecule has 1 aromatic rings. The smallest absolute Gasteiger partial charge is 0.264 e. The molecular formula is C10H14N2OS2. The first kappa shape index (κ1) is 12.1. The Morgan fingerprint density at radius 1 is 1.67 bits per heavy atom. The predicted molar refractivity (Wildman–Crippen MR) is 67.3 cm³/mol. The number of amides is 1. The summed E-state index contributed by atoms with van der Waals surface area (Å²) in [7, 11) is 0. The van der Waals surface area contributed by atoms with E-state index in [9.17, 15) is 4.79 Å². The number of thiophene rings is 1. The van der Waals surface area contributed by atoms with Crippen molar-refractivity contribution < 1.29 is 4.79 Å². The molecule has 1 aromatic heterocycles. The van der Waals surface area contributed by atoms with E-state index < -0.39 is 0 Å². The van der Waals surface area contributed by atoms with E-state index >= 15 is 0 Å². The molecule has 2 N–H and O–H groups in total. The van der Waals surface area contributed by atoms with Crippen LogP contribution in [0.5, 0.6) is 0 Å². The summed E-state index contributed by atoms with van der Waals surface area (Å²) in [5.74, 6) is 0.0136. The van der Waals surface area contributed by atoms with Gasteiger partial charge in [0.25, 0.3) is 5.91 Å². The van der Waals surface area contributed by atoms with Gasteiger partial charge in [-0.15, -0.1) is 11.3 Å². The molecule has 0 aliphatic heterocycles. The lowest BCUT2D eigenvalue weighted by Crippen LogP contribution is -2.37. The van der Waals surface area contributed by atoms with Crippen LogP contribution in [0.2, 0.25) is 0 Å². The van der Waals surface area contributed by atoms with E-state index in [1.165, 1.54) is 11.3 Å². The monoisotopic (exact) mass is 242 g/mol. The fraction of sp³-hybridized carbons (Fsp3) is 0.400. The normalized spacial score (nSPS) is 9.93. The van der Waals surface area contributed by atoms with Gasteiger partial charge in [-0.1, -0.05) is 25.2 Å². The van der Waals surface area contributed by atoms with Crippen LogP contribution in [0.3, 0.4) is 0 Å². The third kappa shape index (κ3) is 3.60. The SMILES string of the molecule is CCCN(CC(N)=S)C(=O)c1cccs1. The molecule has 1 heterocycles. The number of nitrogens with zero attached hydrogens (tertiary/aromatic N) is 1. The van der Waals surface area contributed by atoms with Crippen molar-refractivity contribution in [2.45, 2.75) is 13.3 Å². The molecule has 3 nitrogen and oxygen atoms in total. The average Bonchev–Trinajstić information content (AvgIpc) is 2.68. The summed E-state index contributed by atoms with van der Waals surface area (Å²) in [6.07, 6.45) is 0.903. The Balaban J connectivity index is 2.71. The van der Waals surface area contributed by atoms with Gasteiger partial charge in [0.15, 0.2) is 0 Å². The van der Waals surface area contributed by atoms with Gasteiger partial charge in [0.2, 0.25) is 0 Å². The van der Waals surface area contributed by atoms with E-state index in [0.717, 1.165) is 11.3 Å².